The molecule has 0 unspecified atom stereocenters. The van der Waals surface area contributed by atoms with E-state index in [4.69, 9.17) is 0 Å². The summed E-state index contributed by atoms with van der Waals surface area (Å²) in [6.45, 7) is 4.16. The second-order valence-electron chi connectivity index (χ2n) is 4.76. The van der Waals surface area contributed by atoms with Gasteiger partial charge in [-0.15, -0.1) is 0 Å². The van der Waals surface area contributed by atoms with E-state index in [0.29, 0.717) is 12.3 Å². The van der Waals surface area contributed by atoms with Crippen LogP contribution in [0.5, 0.6) is 0 Å². The number of nitrogens with one attached hydrogen (secondary N) is 1. The molecule has 0 radical (unpaired) electrons. The molecule has 0 atom stereocenters. The zero-order valence-electron chi connectivity index (χ0n) is 9.91. The summed E-state index contributed by atoms with van der Waals surface area (Å²) in [6, 6.07) is 4.01. The third kappa shape index (κ3) is 2.87. The summed E-state index contributed by atoms with van der Waals surface area (Å²) in [6.07, 6.45) is 5.69. The first-order valence-corrected chi connectivity index (χ1v) is 6.16. The Morgan fingerprint density at radius 3 is 2.88 bits per heavy atom. The molecular formula is C13H20N2O. The maximum absolute atomic E-state index is 11.9. The predicted octanol–water partition coefficient (Wildman–Crippen LogP) is 2.21. The average molecular weight is 220 g/mol. The SMILES string of the molecule is CC1CCN(C(=O)CCc2ccc[nH]2)CC1. The number of piperidine rings is 1. The van der Waals surface area contributed by atoms with E-state index in [9.17, 15) is 4.79 Å². The molecule has 1 saturated heterocycles. The minimum absolute atomic E-state index is 0.307. The molecule has 1 aliphatic heterocycles. The summed E-state index contributed by atoms with van der Waals surface area (Å²) in [4.78, 5) is 17.1. The number of aromatic nitrogens is 1. The largest absolute Gasteiger partial charge is 0.365 e. The first-order valence-electron chi connectivity index (χ1n) is 6.16. The molecule has 0 bridgehead atoms. The van der Waals surface area contributed by atoms with E-state index < -0.39 is 0 Å². The summed E-state index contributed by atoms with van der Waals surface area (Å²) in [5.41, 5.74) is 1.15. The molecule has 2 heterocycles. The summed E-state index contributed by atoms with van der Waals surface area (Å²) >= 11 is 0. The minimum atomic E-state index is 0.307. The maximum Gasteiger partial charge on any atom is 0.222 e. The number of likely N-dealkylation sites (tertiary alicyclic amines) is 1. The van der Waals surface area contributed by atoms with Crippen LogP contribution in [0.4, 0.5) is 0 Å². The summed E-state index contributed by atoms with van der Waals surface area (Å²) < 4.78 is 0. The van der Waals surface area contributed by atoms with Gasteiger partial charge in [0.1, 0.15) is 0 Å². The van der Waals surface area contributed by atoms with Gasteiger partial charge in [0.15, 0.2) is 0 Å². The van der Waals surface area contributed by atoms with E-state index in [0.717, 1.165) is 44.0 Å². The van der Waals surface area contributed by atoms with Crippen molar-refractivity contribution in [3.05, 3.63) is 24.0 Å². The molecule has 2 rings (SSSR count). The molecule has 1 amide bonds. The van der Waals surface area contributed by atoms with Crippen LogP contribution in [0, 0.1) is 5.92 Å². The first kappa shape index (κ1) is 11.2. The number of hydrogen-bond donors (Lipinski definition) is 1. The van der Waals surface area contributed by atoms with Crippen LogP contribution in [0.1, 0.15) is 31.9 Å². The zero-order valence-corrected chi connectivity index (χ0v) is 9.91. The van der Waals surface area contributed by atoms with Crippen molar-refractivity contribution in [2.45, 2.75) is 32.6 Å². The van der Waals surface area contributed by atoms with Crippen LogP contribution in [0.25, 0.3) is 0 Å². The number of nitrogens with zero attached hydrogens (tertiary/aromatic N) is 1. The monoisotopic (exact) mass is 220 g/mol. The van der Waals surface area contributed by atoms with Gasteiger partial charge in [-0.2, -0.15) is 0 Å². The van der Waals surface area contributed by atoms with E-state index in [1.54, 1.807) is 0 Å². The average Bonchev–Trinajstić information content (AvgIpc) is 2.80. The fourth-order valence-electron chi connectivity index (χ4n) is 2.18. The maximum atomic E-state index is 11.9. The standard InChI is InChI=1S/C13H20N2O/c1-11-6-9-15(10-7-11)13(16)5-4-12-3-2-8-14-12/h2-3,8,11,14H,4-7,9-10H2,1H3. The van der Waals surface area contributed by atoms with Gasteiger partial charge in [-0.1, -0.05) is 6.92 Å². The van der Waals surface area contributed by atoms with Crippen molar-refractivity contribution in [2.24, 2.45) is 5.92 Å². The fraction of sp³-hybridized carbons (Fsp3) is 0.615. The van der Waals surface area contributed by atoms with E-state index in [2.05, 4.69) is 11.9 Å². The number of rotatable bonds is 3. The van der Waals surface area contributed by atoms with Crippen LogP contribution in [-0.2, 0) is 11.2 Å². The summed E-state index contributed by atoms with van der Waals surface area (Å²) in [5, 5.41) is 0. The van der Waals surface area contributed by atoms with Crippen LogP contribution in [0.3, 0.4) is 0 Å². The predicted molar refractivity (Wildman–Crippen MR) is 64.1 cm³/mol. The highest BCUT2D eigenvalue weighted by Gasteiger charge is 2.19. The lowest BCUT2D eigenvalue weighted by Crippen LogP contribution is -2.38. The Balaban J connectivity index is 1.75. The zero-order chi connectivity index (χ0) is 11.4. The second kappa shape index (κ2) is 5.19. The van der Waals surface area contributed by atoms with Gasteiger partial charge in [-0.25, -0.2) is 0 Å². The first-order chi connectivity index (χ1) is 7.75. The molecule has 1 N–H and O–H groups in total. The third-order valence-corrected chi connectivity index (χ3v) is 3.41. The van der Waals surface area contributed by atoms with Crippen LogP contribution >= 0.6 is 0 Å². The van der Waals surface area contributed by atoms with Gasteiger partial charge >= 0.3 is 0 Å². The molecule has 3 heteroatoms. The molecule has 0 aromatic carbocycles. The molecular weight excluding hydrogens is 200 g/mol. The van der Waals surface area contributed by atoms with Crippen LogP contribution in [0.15, 0.2) is 18.3 Å². The Morgan fingerprint density at radius 1 is 1.50 bits per heavy atom. The molecule has 1 fully saturated rings. The molecule has 0 spiro atoms. The van der Waals surface area contributed by atoms with Gasteiger partial charge < -0.3 is 9.88 Å². The van der Waals surface area contributed by atoms with Crippen molar-refractivity contribution in [1.82, 2.24) is 9.88 Å². The normalized spacial score (nSPS) is 17.7. The van der Waals surface area contributed by atoms with Gasteiger partial charge in [0.2, 0.25) is 5.91 Å². The lowest BCUT2D eigenvalue weighted by Gasteiger charge is -2.30. The topological polar surface area (TPSA) is 36.1 Å². The van der Waals surface area contributed by atoms with Gasteiger partial charge in [0, 0.05) is 31.4 Å². The van der Waals surface area contributed by atoms with E-state index in [1.165, 1.54) is 0 Å². The Bertz CT molecular complexity index is 324. The fourth-order valence-corrected chi connectivity index (χ4v) is 2.18. The Labute approximate surface area is 96.8 Å². The number of hydrogen-bond acceptors (Lipinski definition) is 1. The highest BCUT2D eigenvalue weighted by atomic mass is 16.2. The van der Waals surface area contributed by atoms with E-state index in [1.807, 2.05) is 23.2 Å². The van der Waals surface area contributed by atoms with Crippen LogP contribution < -0.4 is 0 Å². The lowest BCUT2D eigenvalue weighted by atomic mass is 9.99. The lowest BCUT2D eigenvalue weighted by molar-refractivity contribution is -0.132. The quantitative estimate of drug-likeness (QED) is 0.833. The number of amides is 1. The van der Waals surface area contributed by atoms with Crippen molar-refractivity contribution in [3.63, 3.8) is 0 Å². The van der Waals surface area contributed by atoms with E-state index >= 15 is 0 Å². The minimum Gasteiger partial charge on any atom is -0.365 e. The van der Waals surface area contributed by atoms with Crippen molar-refractivity contribution in [2.75, 3.05) is 13.1 Å². The second-order valence-corrected chi connectivity index (χ2v) is 4.76. The number of H-pyrrole nitrogens is 1. The van der Waals surface area contributed by atoms with Crippen molar-refractivity contribution in [1.29, 1.82) is 0 Å². The summed E-state index contributed by atoms with van der Waals surface area (Å²) in [5.74, 6) is 1.09. The Kier molecular flexibility index (Phi) is 3.65. The Hall–Kier alpha value is -1.25. The third-order valence-electron chi connectivity index (χ3n) is 3.41. The highest BCUT2D eigenvalue weighted by Crippen LogP contribution is 2.16. The van der Waals surface area contributed by atoms with Gasteiger partial charge in [0.25, 0.3) is 0 Å². The smallest absolute Gasteiger partial charge is 0.222 e. The molecule has 3 nitrogen and oxygen atoms in total. The van der Waals surface area contributed by atoms with Gasteiger partial charge in [-0.3, -0.25) is 4.79 Å². The molecule has 88 valence electrons. The van der Waals surface area contributed by atoms with Crippen molar-refractivity contribution in [3.8, 4) is 0 Å². The van der Waals surface area contributed by atoms with Crippen LogP contribution in [-0.4, -0.2) is 28.9 Å². The summed E-state index contributed by atoms with van der Waals surface area (Å²) in [7, 11) is 0. The highest BCUT2D eigenvalue weighted by molar-refractivity contribution is 5.76. The molecule has 1 aliphatic rings. The van der Waals surface area contributed by atoms with Crippen molar-refractivity contribution >= 4 is 5.91 Å². The number of carbonyl (C=O) groups excluding carboxylic acids is 1. The number of aryl methyl sites for hydroxylation is 1. The van der Waals surface area contributed by atoms with Crippen LogP contribution in [0.2, 0.25) is 0 Å². The molecule has 1 aromatic heterocycles. The molecule has 16 heavy (non-hydrogen) atoms. The van der Waals surface area contributed by atoms with Gasteiger partial charge in [0.05, 0.1) is 0 Å². The number of aromatic amines is 1. The number of carbonyl (C=O) groups is 1. The molecule has 0 saturated carbocycles. The van der Waals surface area contributed by atoms with Gasteiger partial charge in [-0.05, 0) is 37.3 Å². The van der Waals surface area contributed by atoms with E-state index in [-0.39, 0.29) is 0 Å². The molecule has 1 aromatic rings. The molecule has 0 aliphatic carbocycles. The van der Waals surface area contributed by atoms with Crippen molar-refractivity contribution < 1.29 is 4.79 Å². The Morgan fingerprint density at radius 2 is 2.25 bits per heavy atom.